The molecule has 0 saturated carbocycles. The zero-order valence-corrected chi connectivity index (χ0v) is 12.8. The fraction of sp³-hybridized carbons (Fsp3) is 0.438. The molecule has 2 rings (SSSR count). The van der Waals surface area contributed by atoms with E-state index in [0.29, 0.717) is 12.6 Å². The SMILES string of the molecule is CCN(c1ccc(F)cc1)C(CN)c1cncn1C(C)C. The number of nitrogens with two attached hydrogens (primary N) is 1. The monoisotopic (exact) mass is 290 g/mol. The average Bonchev–Trinajstić information content (AvgIpc) is 2.95. The summed E-state index contributed by atoms with van der Waals surface area (Å²) < 4.78 is 15.3. The first-order valence-corrected chi connectivity index (χ1v) is 7.32. The topological polar surface area (TPSA) is 47.1 Å². The van der Waals surface area contributed by atoms with Gasteiger partial charge >= 0.3 is 0 Å². The van der Waals surface area contributed by atoms with Gasteiger partial charge in [0, 0.05) is 24.8 Å². The largest absolute Gasteiger partial charge is 0.362 e. The van der Waals surface area contributed by atoms with Crippen molar-refractivity contribution in [1.29, 1.82) is 0 Å². The maximum Gasteiger partial charge on any atom is 0.123 e. The van der Waals surface area contributed by atoms with Crippen LogP contribution in [0.1, 0.15) is 38.5 Å². The first kappa shape index (κ1) is 15.5. The van der Waals surface area contributed by atoms with E-state index in [1.165, 1.54) is 12.1 Å². The van der Waals surface area contributed by atoms with Gasteiger partial charge in [-0.25, -0.2) is 9.37 Å². The number of hydrogen-bond donors (Lipinski definition) is 1. The molecule has 0 radical (unpaired) electrons. The third kappa shape index (κ3) is 3.24. The van der Waals surface area contributed by atoms with Crippen LogP contribution in [0.5, 0.6) is 0 Å². The van der Waals surface area contributed by atoms with Crippen molar-refractivity contribution in [3.8, 4) is 0 Å². The van der Waals surface area contributed by atoms with E-state index in [2.05, 4.69) is 35.2 Å². The molecule has 0 aliphatic carbocycles. The maximum absolute atomic E-state index is 13.1. The predicted octanol–water partition coefficient (Wildman–Crippen LogP) is 3.13. The molecule has 114 valence electrons. The van der Waals surface area contributed by atoms with E-state index in [0.717, 1.165) is 17.9 Å². The van der Waals surface area contributed by atoms with Gasteiger partial charge in [0.25, 0.3) is 0 Å². The minimum Gasteiger partial charge on any atom is -0.362 e. The van der Waals surface area contributed by atoms with Crippen LogP contribution in [0.3, 0.4) is 0 Å². The van der Waals surface area contributed by atoms with Gasteiger partial charge in [0.05, 0.1) is 24.3 Å². The van der Waals surface area contributed by atoms with Crippen LogP contribution in [0.2, 0.25) is 0 Å². The van der Waals surface area contributed by atoms with Gasteiger partial charge in [0.15, 0.2) is 0 Å². The van der Waals surface area contributed by atoms with Gasteiger partial charge in [-0.3, -0.25) is 0 Å². The van der Waals surface area contributed by atoms with Crippen LogP contribution in [-0.2, 0) is 0 Å². The highest BCUT2D eigenvalue weighted by Gasteiger charge is 2.22. The summed E-state index contributed by atoms with van der Waals surface area (Å²) in [7, 11) is 0. The molecule has 4 nitrogen and oxygen atoms in total. The van der Waals surface area contributed by atoms with E-state index in [1.54, 1.807) is 12.1 Å². The molecular formula is C16H23FN4. The van der Waals surface area contributed by atoms with Crippen molar-refractivity contribution in [3.63, 3.8) is 0 Å². The highest BCUT2D eigenvalue weighted by atomic mass is 19.1. The summed E-state index contributed by atoms with van der Waals surface area (Å²) in [5, 5.41) is 0. The molecule has 1 atom stereocenters. The third-order valence-corrected chi connectivity index (χ3v) is 3.69. The smallest absolute Gasteiger partial charge is 0.123 e. The quantitative estimate of drug-likeness (QED) is 0.889. The standard InChI is InChI=1S/C16H23FN4/c1-4-20(14-7-5-13(17)6-8-14)15(9-18)16-10-19-11-21(16)12(2)3/h5-8,10-12,15H,4,9,18H2,1-3H3. The molecule has 21 heavy (non-hydrogen) atoms. The number of rotatable bonds is 6. The van der Waals surface area contributed by atoms with Crippen LogP contribution in [0, 0.1) is 5.82 Å². The van der Waals surface area contributed by atoms with Crippen LogP contribution >= 0.6 is 0 Å². The Kier molecular flexibility index (Phi) is 4.96. The van der Waals surface area contributed by atoms with Crippen molar-refractivity contribution in [3.05, 3.63) is 48.3 Å². The first-order chi connectivity index (χ1) is 10.1. The van der Waals surface area contributed by atoms with Gasteiger partial charge in [-0.15, -0.1) is 0 Å². The van der Waals surface area contributed by atoms with Gasteiger partial charge < -0.3 is 15.2 Å². The zero-order chi connectivity index (χ0) is 15.4. The van der Waals surface area contributed by atoms with Crippen LogP contribution < -0.4 is 10.6 Å². The molecule has 0 spiro atoms. The number of likely N-dealkylation sites (N-methyl/N-ethyl adjacent to an activating group) is 1. The second kappa shape index (κ2) is 6.72. The maximum atomic E-state index is 13.1. The number of anilines is 1. The highest BCUT2D eigenvalue weighted by molar-refractivity contribution is 5.48. The van der Waals surface area contributed by atoms with E-state index in [-0.39, 0.29) is 11.9 Å². The molecule has 0 amide bonds. The van der Waals surface area contributed by atoms with Crippen molar-refractivity contribution in [2.45, 2.75) is 32.9 Å². The fourth-order valence-electron chi connectivity index (χ4n) is 2.63. The summed E-state index contributed by atoms with van der Waals surface area (Å²) in [6.45, 7) is 7.57. The second-order valence-corrected chi connectivity index (χ2v) is 5.33. The van der Waals surface area contributed by atoms with E-state index in [1.807, 2.05) is 12.5 Å². The summed E-state index contributed by atoms with van der Waals surface area (Å²) in [4.78, 5) is 6.43. The van der Waals surface area contributed by atoms with Crippen LogP contribution in [-0.4, -0.2) is 22.6 Å². The molecule has 0 bridgehead atoms. The normalized spacial score (nSPS) is 12.7. The van der Waals surface area contributed by atoms with Gasteiger partial charge in [0.1, 0.15) is 5.82 Å². The Hall–Kier alpha value is -1.88. The second-order valence-electron chi connectivity index (χ2n) is 5.33. The molecule has 2 N–H and O–H groups in total. The lowest BCUT2D eigenvalue weighted by Gasteiger charge is -2.33. The molecule has 1 heterocycles. The molecule has 0 aliphatic heterocycles. The van der Waals surface area contributed by atoms with E-state index in [4.69, 9.17) is 5.73 Å². The molecule has 2 aromatic rings. The molecule has 5 heteroatoms. The Morgan fingerprint density at radius 3 is 2.48 bits per heavy atom. The minimum absolute atomic E-state index is 0.0189. The Balaban J connectivity index is 2.37. The molecule has 0 aliphatic rings. The van der Waals surface area contributed by atoms with Gasteiger partial charge in [-0.2, -0.15) is 0 Å². The number of benzene rings is 1. The van der Waals surface area contributed by atoms with Crippen molar-refractivity contribution in [2.75, 3.05) is 18.0 Å². The molecule has 0 saturated heterocycles. The predicted molar refractivity (Wildman–Crippen MR) is 83.8 cm³/mol. The van der Waals surface area contributed by atoms with Crippen LogP contribution in [0.4, 0.5) is 10.1 Å². The van der Waals surface area contributed by atoms with Gasteiger partial charge in [0.2, 0.25) is 0 Å². The van der Waals surface area contributed by atoms with Crippen molar-refractivity contribution >= 4 is 5.69 Å². The Bertz CT molecular complexity index is 562. The average molecular weight is 290 g/mol. The summed E-state index contributed by atoms with van der Waals surface area (Å²) in [5.41, 5.74) is 8.07. The summed E-state index contributed by atoms with van der Waals surface area (Å²) in [6.07, 6.45) is 3.70. The summed E-state index contributed by atoms with van der Waals surface area (Å²) in [6, 6.07) is 6.88. The first-order valence-electron chi connectivity index (χ1n) is 7.32. The lowest BCUT2D eigenvalue weighted by atomic mass is 10.1. The number of imidazole rings is 1. The number of aromatic nitrogens is 2. The van der Waals surface area contributed by atoms with E-state index < -0.39 is 0 Å². The summed E-state index contributed by atoms with van der Waals surface area (Å²) in [5.74, 6) is -0.230. The van der Waals surface area contributed by atoms with Crippen molar-refractivity contribution in [2.24, 2.45) is 5.73 Å². The molecule has 0 fully saturated rings. The lowest BCUT2D eigenvalue weighted by Crippen LogP contribution is -2.35. The number of nitrogens with zero attached hydrogens (tertiary/aromatic N) is 3. The molecule has 1 unspecified atom stereocenters. The van der Waals surface area contributed by atoms with E-state index >= 15 is 0 Å². The number of halogens is 1. The third-order valence-electron chi connectivity index (χ3n) is 3.69. The minimum atomic E-state index is -0.230. The highest BCUT2D eigenvalue weighted by Crippen LogP contribution is 2.27. The Morgan fingerprint density at radius 1 is 1.29 bits per heavy atom. The Labute approximate surface area is 125 Å². The molecule has 1 aromatic heterocycles. The van der Waals surface area contributed by atoms with Crippen LogP contribution in [0.25, 0.3) is 0 Å². The summed E-state index contributed by atoms with van der Waals surface area (Å²) >= 11 is 0. The number of hydrogen-bond acceptors (Lipinski definition) is 3. The van der Waals surface area contributed by atoms with Gasteiger partial charge in [-0.1, -0.05) is 0 Å². The Morgan fingerprint density at radius 2 is 1.95 bits per heavy atom. The molecule has 1 aromatic carbocycles. The fourth-order valence-corrected chi connectivity index (χ4v) is 2.63. The lowest BCUT2D eigenvalue weighted by molar-refractivity contribution is 0.524. The molecular weight excluding hydrogens is 267 g/mol. The van der Waals surface area contributed by atoms with Crippen LogP contribution in [0.15, 0.2) is 36.8 Å². The van der Waals surface area contributed by atoms with Crippen molar-refractivity contribution in [1.82, 2.24) is 9.55 Å². The van der Waals surface area contributed by atoms with Gasteiger partial charge in [-0.05, 0) is 45.0 Å². The van der Waals surface area contributed by atoms with E-state index in [9.17, 15) is 4.39 Å². The zero-order valence-electron chi connectivity index (χ0n) is 12.8. The van der Waals surface area contributed by atoms with Crippen molar-refractivity contribution < 1.29 is 4.39 Å².